The fourth-order valence-corrected chi connectivity index (χ4v) is 2.93. The molecule has 6 nitrogen and oxygen atoms in total. The monoisotopic (exact) mass is 385 g/mol. The SMILES string of the molecule is COc1ccc(Cn2nc(OC(C)=O)cc2-c2ccc(Cl)c(CN)c2)cc1. The molecule has 140 valence electrons. The minimum absolute atomic E-state index is 0.246. The Labute approximate surface area is 162 Å². The molecule has 0 bridgehead atoms. The van der Waals surface area contributed by atoms with Crippen LogP contribution in [0.15, 0.2) is 48.5 Å². The van der Waals surface area contributed by atoms with Crippen molar-refractivity contribution in [3.8, 4) is 22.9 Å². The number of hydrogen-bond acceptors (Lipinski definition) is 5. The maximum atomic E-state index is 11.3. The fraction of sp³-hybridized carbons (Fsp3) is 0.200. The molecule has 0 amide bonds. The average molecular weight is 386 g/mol. The van der Waals surface area contributed by atoms with Crippen LogP contribution in [-0.4, -0.2) is 22.9 Å². The zero-order chi connectivity index (χ0) is 19.4. The third-order valence-electron chi connectivity index (χ3n) is 4.06. The van der Waals surface area contributed by atoms with Crippen LogP contribution in [0.3, 0.4) is 0 Å². The van der Waals surface area contributed by atoms with E-state index < -0.39 is 5.97 Å². The first-order chi connectivity index (χ1) is 13.0. The molecule has 0 aliphatic heterocycles. The summed E-state index contributed by atoms with van der Waals surface area (Å²) in [5.41, 5.74) is 9.32. The number of esters is 1. The van der Waals surface area contributed by atoms with E-state index in [1.165, 1.54) is 6.92 Å². The highest BCUT2D eigenvalue weighted by molar-refractivity contribution is 6.31. The van der Waals surface area contributed by atoms with Gasteiger partial charge in [-0.2, -0.15) is 0 Å². The Morgan fingerprint density at radius 2 is 1.93 bits per heavy atom. The van der Waals surface area contributed by atoms with Crippen LogP contribution < -0.4 is 15.2 Å². The van der Waals surface area contributed by atoms with Crippen LogP contribution >= 0.6 is 11.6 Å². The van der Waals surface area contributed by atoms with Crippen molar-refractivity contribution < 1.29 is 14.3 Å². The zero-order valence-corrected chi connectivity index (χ0v) is 15.9. The number of aromatic nitrogens is 2. The van der Waals surface area contributed by atoms with Crippen LogP contribution in [-0.2, 0) is 17.9 Å². The molecule has 3 aromatic rings. The maximum Gasteiger partial charge on any atom is 0.309 e. The first-order valence-electron chi connectivity index (χ1n) is 8.38. The lowest BCUT2D eigenvalue weighted by Gasteiger charge is -2.10. The average Bonchev–Trinajstić information content (AvgIpc) is 3.04. The van der Waals surface area contributed by atoms with Crippen LogP contribution in [0.5, 0.6) is 11.6 Å². The highest BCUT2D eigenvalue weighted by Gasteiger charge is 2.14. The van der Waals surface area contributed by atoms with Gasteiger partial charge in [0.2, 0.25) is 5.88 Å². The molecule has 27 heavy (non-hydrogen) atoms. The third kappa shape index (κ3) is 4.48. The summed E-state index contributed by atoms with van der Waals surface area (Å²) in [4.78, 5) is 11.3. The molecule has 1 heterocycles. The lowest BCUT2D eigenvalue weighted by Crippen LogP contribution is -2.06. The molecule has 0 spiro atoms. The molecule has 0 fully saturated rings. The van der Waals surface area contributed by atoms with E-state index in [1.807, 2.05) is 36.4 Å². The van der Waals surface area contributed by atoms with Crippen LogP contribution in [0.2, 0.25) is 5.02 Å². The normalized spacial score (nSPS) is 10.7. The van der Waals surface area contributed by atoms with Crippen molar-refractivity contribution in [2.45, 2.75) is 20.0 Å². The molecule has 3 rings (SSSR count). The fourth-order valence-electron chi connectivity index (χ4n) is 2.74. The Kier molecular flexibility index (Phi) is 5.78. The van der Waals surface area contributed by atoms with Gasteiger partial charge in [-0.25, -0.2) is 0 Å². The predicted molar refractivity (Wildman–Crippen MR) is 104 cm³/mol. The largest absolute Gasteiger partial charge is 0.497 e. The molecule has 0 saturated heterocycles. The van der Waals surface area contributed by atoms with Gasteiger partial charge in [-0.05, 0) is 35.4 Å². The Hall–Kier alpha value is -2.83. The minimum atomic E-state index is -0.422. The van der Waals surface area contributed by atoms with E-state index in [2.05, 4.69) is 5.10 Å². The van der Waals surface area contributed by atoms with Gasteiger partial charge in [0, 0.05) is 30.1 Å². The summed E-state index contributed by atoms with van der Waals surface area (Å²) in [5, 5.41) is 5.03. The van der Waals surface area contributed by atoms with Gasteiger partial charge in [0.25, 0.3) is 0 Å². The van der Waals surface area contributed by atoms with Crippen molar-refractivity contribution in [3.05, 3.63) is 64.7 Å². The standard InChI is InChI=1S/C20H20ClN3O3/c1-13(25)27-20-10-19(15-5-8-18(21)16(9-15)11-22)24(23-20)12-14-3-6-17(26-2)7-4-14/h3-10H,11-12,22H2,1-2H3. The minimum Gasteiger partial charge on any atom is -0.497 e. The van der Waals surface area contributed by atoms with E-state index in [9.17, 15) is 4.79 Å². The van der Waals surface area contributed by atoms with Gasteiger partial charge < -0.3 is 15.2 Å². The first-order valence-corrected chi connectivity index (χ1v) is 8.76. The summed E-state index contributed by atoms with van der Waals surface area (Å²) in [6.45, 7) is 2.17. The second-order valence-electron chi connectivity index (χ2n) is 5.98. The predicted octanol–water partition coefficient (Wildman–Crippen LogP) is 3.64. The molecule has 2 N–H and O–H groups in total. The summed E-state index contributed by atoms with van der Waals surface area (Å²) >= 11 is 6.17. The quantitative estimate of drug-likeness (QED) is 0.655. The van der Waals surface area contributed by atoms with Crippen molar-refractivity contribution in [2.24, 2.45) is 5.73 Å². The first kappa shape index (κ1) is 18.9. The molecule has 0 aliphatic carbocycles. The Morgan fingerprint density at radius 3 is 2.56 bits per heavy atom. The zero-order valence-electron chi connectivity index (χ0n) is 15.1. The van der Waals surface area contributed by atoms with Crippen molar-refractivity contribution >= 4 is 17.6 Å². The Morgan fingerprint density at radius 1 is 1.19 bits per heavy atom. The molecule has 1 aromatic heterocycles. The molecule has 0 unspecified atom stereocenters. The van der Waals surface area contributed by atoms with E-state index in [1.54, 1.807) is 23.9 Å². The van der Waals surface area contributed by atoms with Crippen molar-refractivity contribution in [1.29, 1.82) is 0 Å². The molecule has 0 aliphatic rings. The van der Waals surface area contributed by atoms with Gasteiger partial charge in [0.15, 0.2) is 0 Å². The number of carbonyl (C=O) groups excluding carboxylic acids is 1. The molecule has 2 aromatic carbocycles. The highest BCUT2D eigenvalue weighted by Crippen LogP contribution is 2.28. The van der Waals surface area contributed by atoms with Crippen LogP contribution in [0.4, 0.5) is 0 Å². The maximum absolute atomic E-state index is 11.3. The van der Waals surface area contributed by atoms with Gasteiger partial charge in [-0.15, -0.1) is 5.10 Å². The van der Waals surface area contributed by atoms with Gasteiger partial charge in [0.1, 0.15) is 5.75 Å². The number of rotatable bonds is 6. The molecule has 0 atom stereocenters. The van der Waals surface area contributed by atoms with Crippen LogP contribution in [0.25, 0.3) is 11.3 Å². The van der Waals surface area contributed by atoms with Crippen molar-refractivity contribution in [3.63, 3.8) is 0 Å². The van der Waals surface area contributed by atoms with Gasteiger partial charge in [0.05, 0.1) is 19.3 Å². The molecule has 0 saturated carbocycles. The van der Waals surface area contributed by atoms with Crippen LogP contribution in [0, 0.1) is 0 Å². The highest BCUT2D eigenvalue weighted by atomic mass is 35.5. The van der Waals surface area contributed by atoms with Crippen molar-refractivity contribution in [2.75, 3.05) is 7.11 Å². The number of methoxy groups -OCH3 is 1. The topological polar surface area (TPSA) is 79.4 Å². The molecular weight excluding hydrogens is 366 g/mol. The van der Waals surface area contributed by atoms with E-state index in [-0.39, 0.29) is 5.88 Å². The lowest BCUT2D eigenvalue weighted by atomic mass is 10.1. The second-order valence-corrected chi connectivity index (χ2v) is 6.38. The van der Waals surface area contributed by atoms with Crippen molar-refractivity contribution in [1.82, 2.24) is 9.78 Å². The van der Waals surface area contributed by atoms with Crippen LogP contribution in [0.1, 0.15) is 18.1 Å². The van der Waals surface area contributed by atoms with E-state index in [0.29, 0.717) is 18.1 Å². The van der Waals surface area contributed by atoms with Gasteiger partial charge in [-0.1, -0.05) is 29.8 Å². The number of nitrogens with zero attached hydrogens (tertiary/aromatic N) is 2. The summed E-state index contributed by atoms with van der Waals surface area (Å²) < 4.78 is 12.1. The number of halogens is 1. The Bertz CT molecular complexity index is 952. The van der Waals surface area contributed by atoms with E-state index >= 15 is 0 Å². The number of benzene rings is 2. The summed E-state index contributed by atoms with van der Waals surface area (Å²) in [7, 11) is 1.63. The smallest absolute Gasteiger partial charge is 0.309 e. The lowest BCUT2D eigenvalue weighted by molar-refractivity contribution is -0.132. The molecule has 0 radical (unpaired) electrons. The van der Waals surface area contributed by atoms with Gasteiger partial charge in [-0.3, -0.25) is 9.48 Å². The summed E-state index contributed by atoms with van der Waals surface area (Å²) in [5.74, 6) is 0.606. The summed E-state index contributed by atoms with van der Waals surface area (Å²) in [6.07, 6.45) is 0. The number of hydrogen-bond donors (Lipinski definition) is 1. The van der Waals surface area contributed by atoms with E-state index in [4.69, 9.17) is 26.8 Å². The van der Waals surface area contributed by atoms with E-state index in [0.717, 1.165) is 28.1 Å². The molecule has 7 heteroatoms. The second kappa shape index (κ2) is 8.24. The van der Waals surface area contributed by atoms with Gasteiger partial charge >= 0.3 is 5.97 Å². The number of ether oxygens (including phenoxy) is 2. The number of nitrogens with two attached hydrogens (primary N) is 1. The molecular formula is C20H20ClN3O3. The summed E-state index contributed by atoms with van der Waals surface area (Å²) in [6, 6.07) is 15.0. The number of carbonyl (C=O) groups is 1. The Balaban J connectivity index is 2.00. The third-order valence-corrected chi connectivity index (χ3v) is 4.43.